The molecule has 0 saturated carbocycles. The van der Waals surface area contributed by atoms with Gasteiger partial charge < -0.3 is 0 Å². The Bertz CT molecular complexity index is 583. The summed E-state index contributed by atoms with van der Waals surface area (Å²) in [5.41, 5.74) is 0.607. The van der Waals surface area contributed by atoms with Gasteiger partial charge >= 0.3 is 0 Å². The van der Waals surface area contributed by atoms with Crippen LogP contribution in [0.25, 0.3) is 0 Å². The first-order valence-corrected chi connectivity index (χ1v) is 7.74. The number of hydrogen-bond acceptors (Lipinski definition) is 3. The van der Waals surface area contributed by atoms with E-state index >= 15 is 0 Å². The highest BCUT2D eigenvalue weighted by molar-refractivity contribution is 7.91. The first-order valence-electron chi connectivity index (χ1n) is 5.54. The second-order valence-corrected chi connectivity index (χ2v) is 7.13. The van der Waals surface area contributed by atoms with E-state index in [4.69, 9.17) is 11.6 Å². The Morgan fingerprint density at radius 2 is 2.17 bits per heavy atom. The van der Waals surface area contributed by atoms with Gasteiger partial charge in [0.2, 0.25) is 0 Å². The monoisotopic (exact) mass is 290 g/mol. The highest BCUT2D eigenvalue weighted by atomic mass is 35.5. The van der Waals surface area contributed by atoms with Gasteiger partial charge in [0, 0.05) is 12.3 Å². The van der Waals surface area contributed by atoms with Gasteiger partial charge in [-0.1, -0.05) is 17.7 Å². The number of rotatable bonds is 3. The molecule has 0 aromatic heterocycles. The number of benzene rings is 1. The lowest BCUT2D eigenvalue weighted by molar-refractivity contribution is -0.121. The first-order chi connectivity index (χ1) is 8.37. The third-order valence-corrected chi connectivity index (χ3v) is 5.11. The van der Waals surface area contributed by atoms with Gasteiger partial charge in [-0.05, 0) is 24.1 Å². The molecule has 18 heavy (non-hydrogen) atoms. The summed E-state index contributed by atoms with van der Waals surface area (Å²) in [7, 11) is -3.05. The zero-order chi connectivity index (χ0) is 13.3. The zero-order valence-electron chi connectivity index (χ0n) is 9.53. The molecule has 0 aliphatic carbocycles. The van der Waals surface area contributed by atoms with Gasteiger partial charge in [0.1, 0.15) is 11.6 Å². The van der Waals surface area contributed by atoms with Crippen LogP contribution in [0.5, 0.6) is 0 Å². The Hall–Kier alpha value is -0.940. The standard InChI is InChI=1S/C12H12ClFO3S/c13-10-5-8(1-2-11(10)14)6-12(15)9-3-4-18(16,17)7-9/h1-2,5,9H,3-4,6-7H2. The van der Waals surface area contributed by atoms with E-state index in [1.165, 1.54) is 18.2 Å². The highest BCUT2D eigenvalue weighted by Crippen LogP contribution is 2.22. The lowest BCUT2D eigenvalue weighted by Crippen LogP contribution is -2.18. The highest BCUT2D eigenvalue weighted by Gasteiger charge is 2.32. The number of sulfone groups is 1. The van der Waals surface area contributed by atoms with E-state index in [9.17, 15) is 17.6 Å². The Kier molecular flexibility index (Phi) is 3.73. The fourth-order valence-corrected chi connectivity index (χ4v) is 4.02. The molecule has 0 spiro atoms. The van der Waals surface area contributed by atoms with Gasteiger partial charge in [0.25, 0.3) is 0 Å². The van der Waals surface area contributed by atoms with Crippen LogP contribution < -0.4 is 0 Å². The van der Waals surface area contributed by atoms with E-state index in [0.717, 1.165) is 0 Å². The minimum absolute atomic E-state index is 0.0284. The summed E-state index contributed by atoms with van der Waals surface area (Å²) in [6, 6.07) is 4.09. The van der Waals surface area contributed by atoms with Crippen LogP contribution in [0.4, 0.5) is 4.39 Å². The van der Waals surface area contributed by atoms with Crippen molar-refractivity contribution in [1.82, 2.24) is 0 Å². The van der Waals surface area contributed by atoms with Gasteiger partial charge in [0.15, 0.2) is 9.84 Å². The summed E-state index contributed by atoms with van der Waals surface area (Å²) in [6.07, 6.45) is 0.482. The molecule has 1 aliphatic rings. The number of carbonyl (C=O) groups excluding carboxylic acids is 1. The quantitative estimate of drug-likeness (QED) is 0.856. The van der Waals surface area contributed by atoms with Gasteiger partial charge in [-0.25, -0.2) is 12.8 Å². The summed E-state index contributed by atoms with van der Waals surface area (Å²) in [5.74, 6) is -1.08. The molecule has 1 saturated heterocycles. The summed E-state index contributed by atoms with van der Waals surface area (Å²) < 4.78 is 35.5. The minimum atomic E-state index is -3.05. The second-order valence-electron chi connectivity index (χ2n) is 4.49. The van der Waals surface area contributed by atoms with Crippen molar-refractivity contribution < 1.29 is 17.6 Å². The average molecular weight is 291 g/mol. The molecule has 1 unspecified atom stereocenters. The van der Waals surface area contributed by atoms with Crippen molar-refractivity contribution in [2.75, 3.05) is 11.5 Å². The van der Waals surface area contributed by atoms with Crippen molar-refractivity contribution >= 4 is 27.2 Å². The number of carbonyl (C=O) groups is 1. The molecule has 3 nitrogen and oxygen atoms in total. The molecule has 2 rings (SSSR count). The molecule has 0 amide bonds. The average Bonchev–Trinajstić information content (AvgIpc) is 2.64. The van der Waals surface area contributed by atoms with Crippen molar-refractivity contribution in [2.45, 2.75) is 12.8 Å². The maximum atomic E-state index is 12.9. The van der Waals surface area contributed by atoms with Crippen LogP contribution in [0.3, 0.4) is 0 Å². The van der Waals surface area contributed by atoms with E-state index in [0.29, 0.717) is 12.0 Å². The second kappa shape index (κ2) is 4.97. The normalized spacial score (nSPS) is 22.0. The number of halogens is 2. The van der Waals surface area contributed by atoms with E-state index in [-0.39, 0.29) is 28.7 Å². The SMILES string of the molecule is O=C(Cc1ccc(F)c(Cl)c1)C1CCS(=O)(=O)C1. The molecule has 1 aromatic carbocycles. The van der Waals surface area contributed by atoms with E-state index in [1.807, 2.05) is 0 Å². The maximum Gasteiger partial charge on any atom is 0.151 e. The molecule has 0 radical (unpaired) electrons. The molecule has 6 heteroatoms. The lowest BCUT2D eigenvalue weighted by Gasteiger charge is -2.07. The third-order valence-electron chi connectivity index (χ3n) is 3.05. The number of Topliss-reactive ketones (excluding diaryl/α,β-unsaturated/α-hetero) is 1. The molecule has 0 N–H and O–H groups in total. The van der Waals surface area contributed by atoms with Crippen molar-refractivity contribution in [3.8, 4) is 0 Å². The molecular formula is C12H12ClFO3S. The first kappa shape index (κ1) is 13.5. The van der Waals surface area contributed by atoms with Gasteiger partial charge in [-0.2, -0.15) is 0 Å². The number of hydrogen-bond donors (Lipinski definition) is 0. The van der Waals surface area contributed by atoms with Gasteiger partial charge in [0.05, 0.1) is 16.5 Å². The predicted octanol–water partition coefficient (Wildman–Crippen LogP) is 2.03. The largest absolute Gasteiger partial charge is 0.299 e. The van der Waals surface area contributed by atoms with Crippen molar-refractivity contribution in [3.05, 3.63) is 34.6 Å². The lowest BCUT2D eigenvalue weighted by atomic mass is 9.97. The van der Waals surface area contributed by atoms with Crippen molar-refractivity contribution in [3.63, 3.8) is 0 Å². The summed E-state index contributed by atoms with van der Waals surface area (Å²) in [5, 5.41) is -0.0284. The molecule has 1 aliphatic heterocycles. The van der Waals surface area contributed by atoms with Crippen LogP contribution in [0, 0.1) is 11.7 Å². The summed E-state index contributed by atoms with van der Waals surface area (Å²) in [6.45, 7) is 0. The fourth-order valence-electron chi connectivity index (χ4n) is 2.04. The van der Waals surface area contributed by atoms with Crippen LogP contribution in [0.1, 0.15) is 12.0 Å². The number of ketones is 1. The molecule has 1 aromatic rings. The predicted molar refractivity (Wildman–Crippen MR) is 66.9 cm³/mol. The van der Waals surface area contributed by atoms with Gasteiger partial charge in [-0.15, -0.1) is 0 Å². The van der Waals surface area contributed by atoms with Crippen molar-refractivity contribution in [1.29, 1.82) is 0 Å². The van der Waals surface area contributed by atoms with E-state index < -0.39 is 21.6 Å². The fraction of sp³-hybridized carbons (Fsp3) is 0.417. The minimum Gasteiger partial charge on any atom is -0.299 e. The zero-order valence-corrected chi connectivity index (χ0v) is 11.1. The smallest absolute Gasteiger partial charge is 0.151 e. The Labute approximate surface area is 110 Å². The van der Waals surface area contributed by atoms with Crippen molar-refractivity contribution in [2.24, 2.45) is 5.92 Å². The van der Waals surface area contributed by atoms with Crippen LogP contribution in [-0.2, 0) is 21.1 Å². The Balaban J connectivity index is 2.06. The molecular weight excluding hydrogens is 279 g/mol. The molecule has 1 heterocycles. The van der Waals surface area contributed by atoms with Crippen LogP contribution in [0.15, 0.2) is 18.2 Å². The summed E-state index contributed by atoms with van der Waals surface area (Å²) in [4.78, 5) is 11.9. The summed E-state index contributed by atoms with van der Waals surface area (Å²) >= 11 is 5.62. The molecule has 1 fully saturated rings. The Morgan fingerprint density at radius 3 is 2.72 bits per heavy atom. The third kappa shape index (κ3) is 3.09. The molecule has 1 atom stereocenters. The topological polar surface area (TPSA) is 51.2 Å². The molecule has 0 bridgehead atoms. The van der Waals surface area contributed by atoms with E-state index in [2.05, 4.69) is 0 Å². The maximum absolute atomic E-state index is 12.9. The van der Waals surface area contributed by atoms with E-state index in [1.54, 1.807) is 0 Å². The Morgan fingerprint density at radius 1 is 1.44 bits per heavy atom. The van der Waals surface area contributed by atoms with Gasteiger partial charge in [-0.3, -0.25) is 4.79 Å². The molecule has 98 valence electrons. The van der Waals surface area contributed by atoms with Crippen LogP contribution >= 0.6 is 11.6 Å². The van der Waals surface area contributed by atoms with Crippen LogP contribution in [0.2, 0.25) is 5.02 Å². The van der Waals surface area contributed by atoms with Crippen LogP contribution in [-0.4, -0.2) is 25.7 Å².